The number of benzene rings is 1. The van der Waals surface area contributed by atoms with Crippen molar-refractivity contribution < 1.29 is 14.4 Å². The third-order valence-corrected chi connectivity index (χ3v) is 3.34. The van der Waals surface area contributed by atoms with E-state index in [1.807, 2.05) is 0 Å². The number of nitrogens with zero attached hydrogens (tertiary/aromatic N) is 3. The highest BCUT2D eigenvalue weighted by Crippen LogP contribution is 2.33. The molecule has 1 fully saturated rings. The maximum absolute atomic E-state index is 11.8. The SMILES string of the molecule is NC(=O)N(N)c1ccc(N2CCCC2=O)cc1N(N)C(N)=O. The van der Waals surface area contributed by atoms with Gasteiger partial charge < -0.3 is 16.4 Å². The Morgan fingerprint density at radius 3 is 2.14 bits per heavy atom. The number of carbonyl (C=O) groups excluding carboxylic acids is 3. The second-order valence-corrected chi connectivity index (χ2v) is 4.74. The zero-order chi connectivity index (χ0) is 16.4. The highest BCUT2D eigenvalue weighted by Gasteiger charge is 2.25. The van der Waals surface area contributed by atoms with E-state index in [1.165, 1.54) is 12.1 Å². The highest BCUT2D eigenvalue weighted by molar-refractivity contribution is 6.02. The minimum Gasteiger partial charge on any atom is -0.350 e. The predicted octanol–water partition coefficient (Wildman–Crippen LogP) is -0.669. The summed E-state index contributed by atoms with van der Waals surface area (Å²) >= 11 is 0. The number of anilines is 3. The second kappa shape index (κ2) is 5.87. The molecule has 0 spiro atoms. The van der Waals surface area contributed by atoms with Gasteiger partial charge in [0.2, 0.25) is 5.91 Å². The zero-order valence-electron chi connectivity index (χ0n) is 11.7. The molecule has 1 aromatic carbocycles. The topological polar surface area (TPSA) is 165 Å². The Hall–Kier alpha value is -2.85. The van der Waals surface area contributed by atoms with Gasteiger partial charge in [0, 0.05) is 18.7 Å². The Bertz CT molecular complexity index is 633. The first-order valence-corrected chi connectivity index (χ1v) is 6.46. The minimum atomic E-state index is -0.955. The summed E-state index contributed by atoms with van der Waals surface area (Å²) in [5.41, 5.74) is 10.9. The highest BCUT2D eigenvalue weighted by atomic mass is 16.2. The van der Waals surface area contributed by atoms with Crippen molar-refractivity contribution in [2.24, 2.45) is 23.2 Å². The van der Waals surface area contributed by atoms with Crippen LogP contribution in [0.3, 0.4) is 0 Å². The standard InChI is InChI=1S/C12H17N7O3/c13-11(21)18(15)8-4-3-7(17-5-1-2-10(17)20)6-9(8)19(16)12(14)22/h3-4,6H,1-2,5,15-16H2,(H2,13,21)(H2,14,22). The van der Waals surface area contributed by atoms with Crippen molar-refractivity contribution in [1.29, 1.82) is 0 Å². The Morgan fingerprint density at radius 2 is 1.64 bits per heavy atom. The Kier molecular flexibility index (Phi) is 4.15. The number of amides is 5. The average Bonchev–Trinajstić information content (AvgIpc) is 2.91. The van der Waals surface area contributed by atoms with Crippen LogP contribution in [-0.2, 0) is 4.79 Å². The van der Waals surface area contributed by atoms with E-state index < -0.39 is 12.1 Å². The van der Waals surface area contributed by atoms with Crippen molar-refractivity contribution >= 4 is 35.0 Å². The van der Waals surface area contributed by atoms with Gasteiger partial charge in [0.1, 0.15) is 0 Å². The van der Waals surface area contributed by atoms with Crippen LogP contribution in [0.2, 0.25) is 0 Å². The number of hydrazine groups is 2. The van der Waals surface area contributed by atoms with E-state index >= 15 is 0 Å². The van der Waals surface area contributed by atoms with Crippen LogP contribution < -0.4 is 38.1 Å². The van der Waals surface area contributed by atoms with Gasteiger partial charge in [-0.15, -0.1) is 0 Å². The smallest absolute Gasteiger partial charge is 0.333 e. The van der Waals surface area contributed by atoms with Crippen LogP contribution in [0, 0.1) is 0 Å². The van der Waals surface area contributed by atoms with E-state index in [4.69, 9.17) is 23.2 Å². The van der Waals surface area contributed by atoms with Crippen LogP contribution in [-0.4, -0.2) is 24.5 Å². The van der Waals surface area contributed by atoms with E-state index in [2.05, 4.69) is 0 Å². The Morgan fingerprint density at radius 1 is 1.05 bits per heavy atom. The molecule has 22 heavy (non-hydrogen) atoms. The van der Waals surface area contributed by atoms with Gasteiger partial charge in [0.05, 0.1) is 11.4 Å². The fourth-order valence-corrected chi connectivity index (χ4v) is 2.23. The molecule has 1 heterocycles. The molecule has 0 aliphatic carbocycles. The molecule has 0 atom stereocenters. The van der Waals surface area contributed by atoms with Gasteiger partial charge in [-0.05, 0) is 24.6 Å². The average molecular weight is 307 g/mol. The molecular weight excluding hydrogens is 290 g/mol. The van der Waals surface area contributed by atoms with Gasteiger partial charge in [0.25, 0.3) is 0 Å². The molecule has 1 aromatic rings. The maximum Gasteiger partial charge on any atom is 0.333 e. The monoisotopic (exact) mass is 307 g/mol. The van der Waals surface area contributed by atoms with E-state index in [0.717, 1.165) is 6.42 Å². The van der Waals surface area contributed by atoms with Crippen molar-refractivity contribution in [2.45, 2.75) is 12.8 Å². The van der Waals surface area contributed by atoms with E-state index in [0.29, 0.717) is 28.7 Å². The lowest BCUT2D eigenvalue weighted by Gasteiger charge is -2.25. The first kappa shape index (κ1) is 15.5. The first-order chi connectivity index (χ1) is 10.3. The van der Waals surface area contributed by atoms with Crippen LogP contribution in [0.1, 0.15) is 12.8 Å². The summed E-state index contributed by atoms with van der Waals surface area (Å²) in [5, 5.41) is 1.26. The summed E-state index contributed by atoms with van der Waals surface area (Å²) in [6.45, 7) is 0.556. The quantitative estimate of drug-likeness (QED) is 0.330. The van der Waals surface area contributed by atoms with Crippen LogP contribution in [0.25, 0.3) is 0 Å². The minimum absolute atomic E-state index is 0.0409. The molecule has 0 saturated carbocycles. The Balaban J connectivity index is 2.49. The summed E-state index contributed by atoms with van der Waals surface area (Å²) in [6.07, 6.45) is 1.19. The van der Waals surface area contributed by atoms with Gasteiger partial charge in [-0.25, -0.2) is 31.3 Å². The third kappa shape index (κ3) is 2.77. The lowest BCUT2D eigenvalue weighted by atomic mass is 10.2. The molecule has 0 bridgehead atoms. The summed E-state index contributed by atoms with van der Waals surface area (Å²) < 4.78 is 0. The van der Waals surface area contributed by atoms with Crippen molar-refractivity contribution in [3.8, 4) is 0 Å². The molecular formula is C12H17N7O3. The summed E-state index contributed by atoms with van der Waals surface area (Å²) in [6, 6.07) is 2.57. The molecule has 1 aliphatic heterocycles. The van der Waals surface area contributed by atoms with Gasteiger partial charge in [-0.1, -0.05) is 0 Å². The second-order valence-electron chi connectivity index (χ2n) is 4.74. The molecule has 0 aromatic heterocycles. The number of nitrogens with two attached hydrogens (primary N) is 4. The molecule has 10 nitrogen and oxygen atoms in total. The summed E-state index contributed by atoms with van der Waals surface area (Å²) in [7, 11) is 0. The molecule has 1 aliphatic rings. The maximum atomic E-state index is 11.8. The van der Waals surface area contributed by atoms with Gasteiger partial charge >= 0.3 is 12.1 Å². The molecule has 2 rings (SSSR count). The predicted molar refractivity (Wildman–Crippen MR) is 80.5 cm³/mol. The lowest BCUT2D eigenvalue weighted by Crippen LogP contribution is -2.46. The normalized spacial score (nSPS) is 14.1. The number of carbonyl (C=O) groups is 3. The Labute approximate surface area is 126 Å². The van der Waals surface area contributed by atoms with E-state index in [-0.39, 0.29) is 17.3 Å². The molecule has 1 saturated heterocycles. The van der Waals surface area contributed by atoms with Crippen molar-refractivity contribution in [3.05, 3.63) is 18.2 Å². The van der Waals surface area contributed by atoms with Crippen LogP contribution in [0.4, 0.5) is 26.7 Å². The van der Waals surface area contributed by atoms with Crippen LogP contribution in [0.5, 0.6) is 0 Å². The third-order valence-electron chi connectivity index (χ3n) is 3.34. The summed E-state index contributed by atoms with van der Waals surface area (Å²) in [5.74, 6) is 11.1. The first-order valence-electron chi connectivity index (χ1n) is 6.46. The lowest BCUT2D eigenvalue weighted by molar-refractivity contribution is -0.117. The molecule has 0 unspecified atom stereocenters. The van der Waals surface area contributed by atoms with Crippen molar-refractivity contribution in [2.75, 3.05) is 21.5 Å². The molecule has 5 amide bonds. The van der Waals surface area contributed by atoms with E-state index in [9.17, 15) is 14.4 Å². The van der Waals surface area contributed by atoms with E-state index in [1.54, 1.807) is 11.0 Å². The number of urea groups is 2. The molecule has 8 N–H and O–H groups in total. The largest absolute Gasteiger partial charge is 0.350 e. The van der Waals surface area contributed by atoms with Crippen LogP contribution >= 0.6 is 0 Å². The number of primary amides is 2. The molecule has 118 valence electrons. The molecule has 0 radical (unpaired) electrons. The number of rotatable bonds is 3. The fourth-order valence-electron chi connectivity index (χ4n) is 2.23. The van der Waals surface area contributed by atoms with Gasteiger partial charge in [-0.2, -0.15) is 0 Å². The molecule has 10 heteroatoms. The van der Waals surface area contributed by atoms with Gasteiger partial charge in [0.15, 0.2) is 0 Å². The van der Waals surface area contributed by atoms with Crippen LogP contribution in [0.15, 0.2) is 18.2 Å². The zero-order valence-corrected chi connectivity index (χ0v) is 11.7. The summed E-state index contributed by atoms with van der Waals surface area (Å²) in [4.78, 5) is 35.9. The van der Waals surface area contributed by atoms with Crippen molar-refractivity contribution in [3.63, 3.8) is 0 Å². The van der Waals surface area contributed by atoms with Gasteiger partial charge in [-0.3, -0.25) is 4.79 Å². The fraction of sp³-hybridized carbons (Fsp3) is 0.250. The number of hydrogen-bond acceptors (Lipinski definition) is 5. The van der Waals surface area contributed by atoms with Crippen molar-refractivity contribution in [1.82, 2.24) is 0 Å². The number of hydrogen-bond donors (Lipinski definition) is 4.